The molecule has 2 heterocycles. The van der Waals surface area contributed by atoms with Gasteiger partial charge in [0.2, 0.25) is 0 Å². The third-order valence-electron chi connectivity index (χ3n) is 5.74. The lowest BCUT2D eigenvalue weighted by atomic mass is 10.0. The van der Waals surface area contributed by atoms with E-state index in [9.17, 15) is 9.59 Å². The number of hydrogen-bond donors (Lipinski definition) is 1. The summed E-state index contributed by atoms with van der Waals surface area (Å²) in [6, 6.07) is 16.6. The van der Waals surface area contributed by atoms with E-state index in [1.165, 1.54) is 7.11 Å². The first-order valence-corrected chi connectivity index (χ1v) is 11.7. The number of aromatic amines is 1. The molecule has 1 aliphatic heterocycles. The van der Waals surface area contributed by atoms with Crippen LogP contribution in [0.15, 0.2) is 48.5 Å². The quantitative estimate of drug-likeness (QED) is 0.395. The van der Waals surface area contributed by atoms with Crippen molar-refractivity contribution in [3.05, 3.63) is 65.4 Å². The van der Waals surface area contributed by atoms with E-state index in [4.69, 9.17) is 19.5 Å². The number of likely N-dealkylation sites (tertiary alicyclic amines) is 1. The van der Waals surface area contributed by atoms with Gasteiger partial charge in [-0.2, -0.15) is 5.26 Å². The summed E-state index contributed by atoms with van der Waals surface area (Å²) in [5.74, 6) is 0.178. The number of hydrogen-bond acceptors (Lipinski definition) is 6. The average molecular weight is 488 g/mol. The standard InChI is InChI=1S/C28H29N3O5/c1-28(2,3)36-27(33)31-12-11-23(17-31)35-22-8-6-19(7-9-22)24(26(32)34-4)15-21-14-20-13-18(16-29)5-10-25(20)30-21/h5-10,13-15,23,30H,11-12,17H2,1-4H3/t23-/m0/s1. The number of fused-ring (bicyclic) bond motifs is 1. The summed E-state index contributed by atoms with van der Waals surface area (Å²) in [6.07, 6.45) is 1.97. The van der Waals surface area contributed by atoms with E-state index >= 15 is 0 Å². The molecule has 8 heteroatoms. The molecular formula is C28H29N3O5. The van der Waals surface area contributed by atoms with E-state index in [0.29, 0.717) is 47.7 Å². The number of nitrogens with one attached hydrogen (secondary N) is 1. The highest BCUT2D eigenvalue weighted by Crippen LogP contribution is 2.26. The summed E-state index contributed by atoms with van der Waals surface area (Å²) >= 11 is 0. The maximum Gasteiger partial charge on any atom is 0.410 e. The maximum atomic E-state index is 12.6. The van der Waals surface area contributed by atoms with Gasteiger partial charge in [0.1, 0.15) is 17.5 Å². The summed E-state index contributed by atoms with van der Waals surface area (Å²) in [5.41, 5.74) is 2.67. The van der Waals surface area contributed by atoms with E-state index in [-0.39, 0.29) is 12.2 Å². The van der Waals surface area contributed by atoms with Gasteiger partial charge in [-0.3, -0.25) is 0 Å². The SMILES string of the molecule is COC(=O)C(=Cc1cc2cc(C#N)ccc2[nH]1)c1ccc(O[C@H]2CCN(C(=O)OC(C)(C)C)C2)cc1. The zero-order chi connectivity index (χ0) is 25.9. The highest BCUT2D eigenvalue weighted by Gasteiger charge is 2.31. The molecule has 3 aromatic rings. The molecule has 8 nitrogen and oxygen atoms in total. The molecule has 4 rings (SSSR count). The molecule has 0 bridgehead atoms. The average Bonchev–Trinajstić information content (AvgIpc) is 3.47. The summed E-state index contributed by atoms with van der Waals surface area (Å²) in [5, 5.41) is 10.0. The number of carbonyl (C=O) groups is 2. The van der Waals surface area contributed by atoms with Crippen LogP contribution in [0.25, 0.3) is 22.6 Å². The number of aromatic nitrogens is 1. The van der Waals surface area contributed by atoms with Crippen LogP contribution in [0.1, 0.15) is 44.0 Å². The van der Waals surface area contributed by atoms with Crippen molar-refractivity contribution in [3.8, 4) is 11.8 Å². The number of rotatable bonds is 5. The number of methoxy groups -OCH3 is 1. The van der Waals surface area contributed by atoms with Gasteiger partial charge in [0.15, 0.2) is 0 Å². The van der Waals surface area contributed by atoms with Crippen LogP contribution in [0.4, 0.5) is 4.79 Å². The van der Waals surface area contributed by atoms with Crippen molar-refractivity contribution in [3.63, 3.8) is 0 Å². The molecule has 1 amide bonds. The highest BCUT2D eigenvalue weighted by molar-refractivity contribution is 6.21. The molecular weight excluding hydrogens is 458 g/mol. The fourth-order valence-electron chi connectivity index (χ4n) is 4.05. The number of ether oxygens (including phenoxy) is 3. The van der Waals surface area contributed by atoms with Crippen LogP contribution in [-0.2, 0) is 14.3 Å². The predicted octanol–water partition coefficient (Wildman–Crippen LogP) is 5.14. The molecule has 1 aliphatic rings. The highest BCUT2D eigenvalue weighted by atomic mass is 16.6. The van der Waals surface area contributed by atoms with E-state index in [2.05, 4.69) is 11.1 Å². The molecule has 0 radical (unpaired) electrons. The number of H-pyrrole nitrogens is 1. The Morgan fingerprint density at radius 2 is 1.89 bits per heavy atom. The Morgan fingerprint density at radius 1 is 1.14 bits per heavy atom. The normalized spacial score (nSPS) is 16.0. The minimum Gasteiger partial charge on any atom is -0.489 e. The van der Waals surface area contributed by atoms with Gasteiger partial charge >= 0.3 is 12.1 Å². The van der Waals surface area contributed by atoms with Crippen LogP contribution in [-0.4, -0.2) is 53.9 Å². The van der Waals surface area contributed by atoms with Crippen molar-refractivity contribution in [2.45, 2.75) is 38.9 Å². The Bertz CT molecular complexity index is 1340. The van der Waals surface area contributed by atoms with Crippen LogP contribution < -0.4 is 4.74 Å². The minimum atomic E-state index is -0.539. The van der Waals surface area contributed by atoms with Crippen molar-refractivity contribution in [1.29, 1.82) is 5.26 Å². The van der Waals surface area contributed by atoms with E-state index in [1.54, 1.807) is 47.4 Å². The maximum absolute atomic E-state index is 12.6. The second-order valence-electron chi connectivity index (χ2n) is 9.67. The molecule has 36 heavy (non-hydrogen) atoms. The van der Waals surface area contributed by atoms with Crippen LogP contribution in [0.2, 0.25) is 0 Å². The van der Waals surface area contributed by atoms with E-state index in [1.807, 2.05) is 32.9 Å². The predicted molar refractivity (Wildman–Crippen MR) is 136 cm³/mol. The molecule has 2 aromatic carbocycles. The van der Waals surface area contributed by atoms with Gasteiger partial charge < -0.3 is 24.1 Å². The molecule has 186 valence electrons. The summed E-state index contributed by atoms with van der Waals surface area (Å²) in [4.78, 5) is 29.8. The van der Waals surface area contributed by atoms with Crippen molar-refractivity contribution in [2.75, 3.05) is 20.2 Å². The van der Waals surface area contributed by atoms with Gasteiger partial charge in [0, 0.05) is 29.6 Å². The number of carbonyl (C=O) groups excluding carboxylic acids is 2. The Kier molecular flexibility index (Phi) is 7.02. The molecule has 0 saturated carbocycles. The van der Waals surface area contributed by atoms with Gasteiger partial charge in [0.25, 0.3) is 0 Å². The fraction of sp³-hybridized carbons (Fsp3) is 0.321. The lowest BCUT2D eigenvalue weighted by Crippen LogP contribution is -2.36. The largest absolute Gasteiger partial charge is 0.489 e. The van der Waals surface area contributed by atoms with Gasteiger partial charge in [-0.05, 0) is 68.8 Å². The number of nitriles is 1. The number of amides is 1. The molecule has 1 N–H and O–H groups in total. The fourth-order valence-corrected chi connectivity index (χ4v) is 4.05. The Morgan fingerprint density at radius 3 is 2.56 bits per heavy atom. The Hall–Kier alpha value is -4.25. The first-order valence-electron chi connectivity index (χ1n) is 11.7. The first kappa shape index (κ1) is 24.9. The van der Waals surface area contributed by atoms with Crippen molar-refractivity contribution < 1.29 is 23.8 Å². The topological polar surface area (TPSA) is 105 Å². The molecule has 0 unspecified atom stereocenters. The Balaban J connectivity index is 1.48. The van der Waals surface area contributed by atoms with Crippen LogP contribution >= 0.6 is 0 Å². The molecule has 0 spiro atoms. The van der Waals surface area contributed by atoms with Gasteiger partial charge in [-0.15, -0.1) is 0 Å². The first-order chi connectivity index (χ1) is 17.1. The zero-order valence-electron chi connectivity index (χ0n) is 20.8. The van der Waals surface area contributed by atoms with Crippen molar-refractivity contribution in [2.24, 2.45) is 0 Å². The second-order valence-corrected chi connectivity index (χ2v) is 9.67. The molecule has 0 aliphatic carbocycles. The molecule has 1 fully saturated rings. The summed E-state index contributed by atoms with van der Waals surface area (Å²) < 4.78 is 16.5. The van der Waals surface area contributed by atoms with Crippen molar-refractivity contribution in [1.82, 2.24) is 9.88 Å². The second kappa shape index (κ2) is 10.2. The lowest BCUT2D eigenvalue weighted by molar-refractivity contribution is -0.133. The number of nitrogens with zero attached hydrogens (tertiary/aromatic N) is 2. The van der Waals surface area contributed by atoms with Gasteiger partial charge in [0.05, 0.1) is 30.9 Å². The summed E-state index contributed by atoms with van der Waals surface area (Å²) in [7, 11) is 1.34. The monoisotopic (exact) mass is 487 g/mol. The van der Waals surface area contributed by atoms with Crippen LogP contribution in [0.5, 0.6) is 5.75 Å². The summed E-state index contributed by atoms with van der Waals surface area (Å²) in [6.45, 7) is 6.56. The molecule has 1 atom stereocenters. The van der Waals surface area contributed by atoms with E-state index < -0.39 is 11.6 Å². The number of benzene rings is 2. The van der Waals surface area contributed by atoms with Crippen LogP contribution in [0, 0.1) is 11.3 Å². The van der Waals surface area contributed by atoms with Crippen molar-refractivity contribution >= 4 is 34.6 Å². The Labute approximate surface area is 210 Å². The minimum absolute atomic E-state index is 0.136. The van der Waals surface area contributed by atoms with Gasteiger partial charge in [-0.1, -0.05) is 12.1 Å². The third kappa shape index (κ3) is 5.87. The zero-order valence-corrected chi connectivity index (χ0v) is 20.8. The van der Waals surface area contributed by atoms with Gasteiger partial charge in [-0.25, -0.2) is 9.59 Å². The third-order valence-corrected chi connectivity index (χ3v) is 5.74. The lowest BCUT2D eigenvalue weighted by Gasteiger charge is -2.24. The van der Waals surface area contributed by atoms with E-state index in [0.717, 1.165) is 10.9 Å². The smallest absolute Gasteiger partial charge is 0.410 e. The van der Waals surface area contributed by atoms with Crippen LogP contribution in [0.3, 0.4) is 0 Å². The molecule has 1 aromatic heterocycles. The molecule has 1 saturated heterocycles. The number of esters is 1.